The van der Waals surface area contributed by atoms with E-state index >= 15 is 0 Å². The summed E-state index contributed by atoms with van der Waals surface area (Å²) in [6, 6.07) is 11.6. The molecule has 3 aromatic carbocycles. The number of anilines is 1. The van der Waals surface area contributed by atoms with Crippen molar-refractivity contribution in [3.05, 3.63) is 83.2 Å². The fraction of sp³-hybridized carbons (Fsp3) is 0.231. The predicted octanol–water partition coefficient (Wildman–Crippen LogP) is 6.36. The van der Waals surface area contributed by atoms with Gasteiger partial charge < -0.3 is 4.90 Å². The van der Waals surface area contributed by atoms with Gasteiger partial charge >= 0.3 is 6.18 Å². The lowest BCUT2D eigenvalue weighted by molar-refractivity contribution is -0.136. The minimum absolute atomic E-state index is 0.157. The normalized spacial score (nSPS) is 14.6. The molecule has 0 amide bonds. The van der Waals surface area contributed by atoms with E-state index in [0.29, 0.717) is 43.6 Å². The molecule has 0 spiro atoms. The highest BCUT2D eigenvalue weighted by Crippen LogP contribution is 2.38. The number of alkyl halides is 3. The van der Waals surface area contributed by atoms with Crippen molar-refractivity contribution in [3.63, 3.8) is 0 Å². The predicted molar refractivity (Wildman–Crippen MR) is 122 cm³/mol. The first kappa shape index (κ1) is 23.9. The largest absolute Gasteiger partial charge is 0.418 e. The van der Waals surface area contributed by atoms with E-state index in [1.165, 1.54) is 12.1 Å². The third kappa shape index (κ3) is 4.43. The number of ketones is 1. The van der Waals surface area contributed by atoms with Crippen molar-refractivity contribution in [3.8, 4) is 11.3 Å². The van der Waals surface area contributed by atoms with Crippen molar-refractivity contribution in [2.24, 2.45) is 0 Å². The van der Waals surface area contributed by atoms with Crippen molar-refractivity contribution in [1.82, 2.24) is 9.78 Å². The molecule has 186 valence electrons. The van der Waals surface area contributed by atoms with Crippen molar-refractivity contribution < 1.29 is 31.1 Å². The maximum atomic E-state index is 14.4. The third-order valence-corrected chi connectivity index (χ3v) is 6.32. The van der Waals surface area contributed by atoms with Crippen LogP contribution >= 0.6 is 0 Å². The number of piperidine rings is 1. The lowest BCUT2D eigenvalue weighted by Crippen LogP contribution is -2.33. The van der Waals surface area contributed by atoms with Gasteiger partial charge in [0.1, 0.15) is 28.8 Å². The molecule has 2 heterocycles. The van der Waals surface area contributed by atoms with Crippen LogP contribution in [0.1, 0.15) is 24.0 Å². The summed E-state index contributed by atoms with van der Waals surface area (Å²) in [6.45, 7) is 0.587. The van der Waals surface area contributed by atoms with E-state index < -0.39 is 41.3 Å². The van der Waals surface area contributed by atoms with Gasteiger partial charge in [-0.25, -0.2) is 13.2 Å². The number of carbonyl (C=O) groups is 1. The lowest BCUT2D eigenvalue weighted by Gasteiger charge is -2.28. The van der Waals surface area contributed by atoms with Crippen LogP contribution in [0.25, 0.3) is 22.2 Å². The highest BCUT2D eigenvalue weighted by atomic mass is 19.4. The Labute approximate surface area is 201 Å². The van der Waals surface area contributed by atoms with E-state index in [0.717, 1.165) is 16.4 Å². The molecule has 5 rings (SSSR count). The standard InChI is InChI=1S/C26H19F6N3O/c27-16-12-22(28)20(23(29)13-16)14-35-25(19-2-1-3-21(24(19)33-35)26(30,31)32)15-4-6-17(7-5-15)34-10-8-18(36)9-11-34/h1-7,12-13H,8-11,14H2. The lowest BCUT2D eigenvalue weighted by atomic mass is 10.0. The molecule has 10 heteroatoms. The van der Waals surface area contributed by atoms with E-state index in [1.807, 2.05) is 4.90 Å². The van der Waals surface area contributed by atoms with Gasteiger partial charge in [-0.05, 0) is 18.2 Å². The summed E-state index contributed by atoms with van der Waals surface area (Å²) in [5, 5.41) is 4.25. The van der Waals surface area contributed by atoms with E-state index in [2.05, 4.69) is 5.10 Å². The molecule has 0 atom stereocenters. The molecule has 1 aliphatic heterocycles. The number of hydrogen-bond acceptors (Lipinski definition) is 3. The number of Topliss-reactive ketones (excluding diaryl/α,β-unsaturated/α-hetero) is 1. The van der Waals surface area contributed by atoms with Crippen LogP contribution < -0.4 is 4.90 Å². The summed E-state index contributed by atoms with van der Waals surface area (Å²) in [5.41, 5.74) is -0.297. The van der Waals surface area contributed by atoms with Crippen molar-refractivity contribution >= 4 is 22.4 Å². The fourth-order valence-corrected chi connectivity index (χ4v) is 4.52. The van der Waals surface area contributed by atoms with E-state index in [-0.39, 0.29) is 22.4 Å². The topological polar surface area (TPSA) is 38.1 Å². The summed E-state index contributed by atoms with van der Waals surface area (Å²) in [6.07, 6.45) is -3.82. The van der Waals surface area contributed by atoms with Crippen LogP contribution in [0.3, 0.4) is 0 Å². The first-order valence-corrected chi connectivity index (χ1v) is 11.2. The van der Waals surface area contributed by atoms with Gasteiger partial charge in [-0.1, -0.05) is 24.3 Å². The van der Waals surface area contributed by atoms with Crippen LogP contribution in [0.4, 0.5) is 32.0 Å². The van der Waals surface area contributed by atoms with Gasteiger partial charge in [-0.3, -0.25) is 9.48 Å². The van der Waals surface area contributed by atoms with Crippen LogP contribution in [0.2, 0.25) is 0 Å². The van der Waals surface area contributed by atoms with Crippen LogP contribution in [0, 0.1) is 17.5 Å². The molecule has 0 unspecified atom stereocenters. The van der Waals surface area contributed by atoms with Crippen LogP contribution in [0.5, 0.6) is 0 Å². The summed E-state index contributed by atoms with van der Waals surface area (Å²) in [7, 11) is 0. The molecule has 1 fully saturated rings. The minimum atomic E-state index is -4.70. The molecule has 0 aliphatic carbocycles. The Hall–Kier alpha value is -3.82. The zero-order chi connectivity index (χ0) is 25.6. The average Bonchev–Trinajstić information content (AvgIpc) is 3.19. The smallest absolute Gasteiger partial charge is 0.371 e. The molecule has 0 bridgehead atoms. The van der Waals surface area contributed by atoms with E-state index in [9.17, 15) is 31.1 Å². The van der Waals surface area contributed by atoms with Gasteiger partial charge in [0.05, 0.1) is 17.8 Å². The molecule has 1 aromatic heterocycles. The molecule has 0 radical (unpaired) electrons. The van der Waals surface area contributed by atoms with Gasteiger partial charge in [0.2, 0.25) is 0 Å². The molecule has 4 nitrogen and oxygen atoms in total. The van der Waals surface area contributed by atoms with Crippen LogP contribution in [-0.4, -0.2) is 28.7 Å². The maximum absolute atomic E-state index is 14.4. The SMILES string of the molecule is O=C1CCN(c2ccc(-c3c4cccc(C(F)(F)F)c4nn3Cc3c(F)cc(F)cc3F)cc2)CC1. The number of hydrogen-bond donors (Lipinski definition) is 0. The van der Waals surface area contributed by atoms with Crippen molar-refractivity contribution in [2.75, 3.05) is 18.0 Å². The fourth-order valence-electron chi connectivity index (χ4n) is 4.52. The number of carbonyl (C=O) groups excluding carboxylic acids is 1. The van der Waals surface area contributed by atoms with Crippen LogP contribution in [0.15, 0.2) is 54.6 Å². The maximum Gasteiger partial charge on any atom is 0.418 e. The van der Waals surface area contributed by atoms with Crippen molar-refractivity contribution in [1.29, 1.82) is 0 Å². The molecule has 36 heavy (non-hydrogen) atoms. The first-order chi connectivity index (χ1) is 17.1. The summed E-state index contributed by atoms with van der Waals surface area (Å²) in [4.78, 5) is 13.6. The second kappa shape index (κ2) is 9.00. The number of aromatic nitrogens is 2. The Morgan fingerprint density at radius 1 is 0.889 bits per heavy atom. The molecule has 0 N–H and O–H groups in total. The molecular weight excluding hydrogens is 484 g/mol. The van der Waals surface area contributed by atoms with Gasteiger partial charge in [0, 0.05) is 60.3 Å². The molecule has 4 aromatic rings. The minimum Gasteiger partial charge on any atom is -0.371 e. The van der Waals surface area contributed by atoms with E-state index in [4.69, 9.17) is 0 Å². The zero-order valence-electron chi connectivity index (χ0n) is 18.7. The zero-order valence-corrected chi connectivity index (χ0v) is 18.7. The highest BCUT2D eigenvalue weighted by Gasteiger charge is 2.34. The second-order valence-corrected chi connectivity index (χ2v) is 8.63. The Morgan fingerprint density at radius 2 is 1.53 bits per heavy atom. The van der Waals surface area contributed by atoms with Gasteiger partial charge in [-0.2, -0.15) is 18.3 Å². The Bertz CT molecular complexity index is 1430. The second-order valence-electron chi connectivity index (χ2n) is 8.63. The van der Waals surface area contributed by atoms with E-state index in [1.54, 1.807) is 24.3 Å². The molecule has 0 saturated carbocycles. The Kier molecular flexibility index (Phi) is 5.97. The quantitative estimate of drug-likeness (QED) is 0.305. The van der Waals surface area contributed by atoms with Gasteiger partial charge in [-0.15, -0.1) is 0 Å². The number of nitrogens with zero attached hydrogens (tertiary/aromatic N) is 3. The molecule has 1 aliphatic rings. The Balaban J connectivity index is 1.63. The molecule has 1 saturated heterocycles. The summed E-state index contributed by atoms with van der Waals surface area (Å²) < 4.78 is 84.5. The number of rotatable bonds is 4. The first-order valence-electron chi connectivity index (χ1n) is 11.2. The number of benzene rings is 3. The van der Waals surface area contributed by atoms with Crippen molar-refractivity contribution in [2.45, 2.75) is 25.6 Å². The summed E-state index contributed by atoms with van der Waals surface area (Å²) >= 11 is 0. The third-order valence-electron chi connectivity index (χ3n) is 6.32. The monoisotopic (exact) mass is 503 g/mol. The Morgan fingerprint density at radius 3 is 2.14 bits per heavy atom. The highest BCUT2D eigenvalue weighted by molar-refractivity contribution is 5.95. The number of halogens is 6. The number of fused-ring (bicyclic) bond motifs is 1. The van der Waals surface area contributed by atoms with Crippen LogP contribution in [-0.2, 0) is 17.5 Å². The average molecular weight is 503 g/mol. The van der Waals surface area contributed by atoms with Gasteiger partial charge in [0.15, 0.2) is 0 Å². The van der Waals surface area contributed by atoms with Gasteiger partial charge in [0.25, 0.3) is 0 Å². The summed E-state index contributed by atoms with van der Waals surface area (Å²) in [5.74, 6) is -3.24. The molecular formula is C26H19F6N3O.